The van der Waals surface area contributed by atoms with Crippen LogP contribution in [0.1, 0.15) is 39.0 Å². The normalized spacial score (nSPS) is 22.9. The molecule has 0 saturated heterocycles. The number of ether oxygens (including phenoxy) is 2. The number of hydrogen-bond acceptors (Lipinski definition) is 3. The van der Waals surface area contributed by atoms with Crippen LogP contribution in [0.4, 0.5) is 0 Å². The summed E-state index contributed by atoms with van der Waals surface area (Å²) in [4.78, 5) is 11.1. The maximum absolute atomic E-state index is 11.1. The van der Waals surface area contributed by atoms with Crippen LogP contribution in [0.3, 0.4) is 0 Å². The third-order valence-corrected chi connectivity index (χ3v) is 2.43. The molecule has 0 aliphatic heterocycles. The van der Waals surface area contributed by atoms with E-state index in [1.807, 2.05) is 0 Å². The largest absolute Gasteiger partial charge is 0.467 e. The molecule has 3 heteroatoms. The predicted molar refractivity (Wildman–Crippen MR) is 57.2 cm³/mol. The quantitative estimate of drug-likeness (QED) is 0.527. The molecule has 0 spiro atoms. The molecule has 84 valence electrons. The van der Waals surface area contributed by atoms with Crippen molar-refractivity contribution in [2.75, 3.05) is 7.11 Å². The minimum atomic E-state index is -0.520. The van der Waals surface area contributed by atoms with Crippen LogP contribution in [0.2, 0.25) is 0 Å². The molecule has 0 heterocycles. The number of carbonyl (C=O) groups is 1. The van der Waals surface area contributed by atoms with Crippen molar-refractivity contribution in [3.63, 3.8) is 0 Å². The summed E-state index contributed by atoms with van der Waals surface area (Å²) in [6.45, 7) is 1.70. The van der Waals surface area contributed by atoms with E-state index in [1.54, 1.807) is 6.92 Å². The smallest absolute Gasteiger partial charge is 0.334 e. The zero-order valence-electron chi connectivity index (χ0n) is 9.41. The molecule has 2 unspecified atom stereocenters. The molecule has 2 atom stereocenters. The van der Waals surface area contributed by atoms with Gasteiger partial charge in [0.25, 0.3) is 0 Å². The summed E-state index contributed by atoms with van der Waals surface area (Å²) in [5.74, 6) is 5.79. The summed E-state index contributed by atoms with van der Waals surface area (Å²) in [6, 6.07) is 0. The molecular weight excluding hydrogens is 192 g/mol. The summed E-state index contributed by atoms with van der Waals surface area (Å²) in [5.41, 5.74) is 0. The van der Waals surface area contributed by atoms with Crippen LogP contribution in [-0.2, 0) is 14.3 Å². The molecule has 0 saturated carbocycles. The van der Waals surface area contributed by atoms with Crippen molar-refractivity contribution in [3.05, 3.63) is 0 Å². The first-order valence-electron chi connectivity index (χ1n) is 5.45. The van der Waals surface area contributed by atoms with Gasteiger partial charge < -0.3 is 9.47 Å². The SMILES string of the molecule is COC(=O)C(C)OC1C#CCCCCC1. The van der Waals surface area contributed by atoms with Gasteiger partial charge >= 0.3 is 5.97 Å². The van der Waals surface area contributed by atoms with Crippen LogP contribution in [0, 0.1) is 11.8 Å². The zero-order chi connectivity index (χ0) is 11.1. The van der Waals surface area contributed by atoms with Crippen molar-refractivity contribution < 1.29 is 14.3 Å². The topological polar surface area (TPSA) is 35.5 Å². The lowest BCUT2D eigenvalue weighted by molar-refractivity contribution is -0.154. The third-order valence-electron chi connectivity index (χ3n) is 2.43. The fourth-order valence-corrected chi connectivity index (χ4v) is 1.55. The lowest BCUT2D eigenvalue weighted by Gasteiger charge is -2.17. The van der Waals surface area contributed by atoms with Gasteiger partial charge in [-0.3, -0.25) is 0 Å². The van der Waals surface area contributed by atoms with Gasteiger partial charge in [-0.15, -0.1) is 5.92 Å². The summed E-state index contributed by atoms with van der Waals surface area (Å²) < 4.78 is 10.1. The predicted octanol–water partition coefficient (Wildman–Crippen LogP) is 1.90. The number of methoxy groups -OCH3 is 1. The maximum Gasteiger partial charge on any atom is 0.334 e. The average molecular weight is 210 g/mol. The van der Waals surface area contributed by atoms with Gasteiger partial charge in [0.15, 0.2) is 6.10 Å². The first-order chi connectivity index (χ1) is 7.24. The second kappa shape index (κ2) is 6.47. The standard InChI is InChI=1S/C12H18O3/c1-10(12(13)14-2)15-11-8-6-4-3-5-7-9-11/h10-11H,3-6,8H2,1-2H3. The van der Waals surface area contributed by atoms with E-state index in [2.05, 4.69) is 16.6 Å². The molecule has 0 fully saturated rings. The molecule has 0 N–H and O–H groups in total. The van der Waals surface area contributed by atoms with E-state index in [0.29, 0.717) is 0 Å². The second-order valence-electron chi connectivity index (χ2n) is 3.71. The molecule has 1 aliphatic rings. The van der Waals surface area contributed by atoms with E-state index < -0.39 is 6.10 Å². The Morgan fingerprint density at radius 1 is 1.40 bits per heavy atom. The van der Waals surface area contributed by atoms with E-state index in [-0.39, 0.29) is 12.1 Å². The Kier molecular flexibility index (Phi) is 5.20. The van der Waals surface area contributed by atoms with Crippen molar-refractivity contribution in [2.24, 2.45) is 0 Å². The molecule has 1 aliphatic carbocycles. The van der Waals surface area contributed by atoms with E-state index in [0.717, 1.165) is 19.3 Å². The Labute approximate surface area is 91.1 Å². The molecule has 0 bridgehead atoms. The highest BCUT2D eigenvalue weighted by Crippen LogP contribution is 2.12. The molecule has 0 aromatic carbocycles. The molecule has 0 aromatic heterocycles. The highest BCUT2D eigenvalue weighted by Gasteiger charge is 2.18. The highest BCUT2D eigenvalue weighted by molar-refractivity contribution is 5.74. The summed E-state index contributed by atoms with van der Waals surface area (Å²) in [6.07, 6.45) is 4.70. The highest BCUT2D eigenvalue weighted by atomic mass is 16.6. The van der Waals surface area contributed by atoms with Crippen molar-refractivity contribution in [1.29, 1.82) is 0 Å². The molecule has 0 radical (unpaired) electrons. The fraction of sp³-hybridized carbons (Fsp3) is 0.750. The molecular formula is C12H18O3. The van der Waals surface area contributed by atoms with E-state index in [9.17, 15) is 4.79 Å². The van der Waals surface area contributed by atoms with Gasteiger partial charge in [0.2, 0.25) is 0 Å². The summed E-state index contributed by atoms with van der Waals surface area (Å²) in [5, 5.41) is 0. The van der Waals surface area contributed by atoms with E-state index in [1.165, 1.54) is 20.0 Å². The summed E-state index contributed by atoms with van der Waals surface area (Å²) in [7, 11) is 1.37. The van der Waals surface area contributed by atoms with Crippen molar-refractivity contribution in [1.82, 2.24) is 0 Å². The van der Waals surface area contributed by atoms with E-state index >= 15 is 0 Å². The minimum Gasteiger partial charge on any atom is -0.467 e. The number of rotatable bonds is 3. The lowest BCUT2D eigenvalue weighted by Crippen LogP contribution is -2.27. The zero-order valence-corrected chi connectivity index (χ0v) is 9.41. The molecule has 15 heavy (non-hydrogen) atoms. The van der Waals surface area contributed by atoms with Gasteiger partial charge in [0, 0.05) is 6.42 Å². The number of hydrogen-bond donors (Lipinski definition) is 0. The fourth-order valence-electron chi connectivity index (χ4n) is 1.55. The monoisotopic (exact) mass is 210 g/mol. The molecule has 0 aromatic rings. The first kappa shape index (κ1) is 12.1. The maximum atomic E-state index is 11.1. The van der Waals surface area contributed by atoms with Gasteiger partial charge in [-0.2, -0.15) is 0 Å². The van der Waals surface area contributed by atoms with Crippen molar-refractivity contribution in [2.45, 2.75) is 51.2 Å². The lowest BCUT2D eigenvalue weighted by atomic mass is 10.1. The van der Waals surface area contributed by atoms with Gasteiger partial charge in [-0.25, -0.2) is 4.79 Å². The van der Waals surface area contributed by atoms with E-state index in [4.69, 9.17) is 4.74 Å². The van der Waals surface area contributed by atoms with Crippen LogP contribution in [0.15, 0.2) is 0 Å². The molecule has 1 rings (SSSR count). The van der Waals surface area contributed by atoms with Gasteiger partial charge in [-0.1, -0.05) is 12.3 Å². The minimum absolute atomic E-state index is 0.112. The second-order valence-corrected chi connectivity index (χ2v) is 3.71. The molecule has 3 nitrogen and oxygen atoms in total. The van der Waals surface area contributed by atoms with Crippen LogP contribution in [-0.4, -0.2) is 25.3 Å². The average Bonchev–Trinajstić information content (AvgIpc) is 2.20. The first-order valence-corrected chi connectivity index (χ1v) is 5.45. The van der Waals surface area contributed by atoms with Crippen LogP contribution < -0.4 is 0 Å². The number of carbonyl (C=O) groups excluding carboxylic acids is 1. The Morgan fingerprint density at radius 3 is 2.93 bits per heavy atom. The van der Waals surface area contributed by atoms with Crippen molar-refractivity contribution in [3.8, 4) is 11.8 Å². The van der Waals surface area contributed by atoms with Crippen LogP contribution >= 0.6 is 0 Å². The van der Waals surface area contributed by atoms with Crippen molar-refractivity contribution >= 4 is 5.97 Å². The number of esters is 1. The van der Waals surface area contributed by atoms with Crippen LogP contribution in [0.25, 0.3) is 0 Å². The summed E-state index contributed by atoms with van der Waals surface area (Å²) >= 11 is 0. The Balaban J connectivity index is 2.44. The third kappa shape index (κ3) is 4.35. The van der Waals surface area contributed by atoms with Gasteiger partial charge in [0.05, 0.1) is 7.11 Å². The van der Waals surface area contributed by atoms with Gasteiger partial charge in [-0.05, 0) is 26.2 Å². The Bertz CT molecular complexity index is 262. The Morgan fingerprint density at radius 2 is 2.20 bits per heavy atom. The molecule has 0 amide bonds. The van der Waals surface area contributed by atoms with Crippen LogP contribution in [0.5, 0.6) is 0 Å². The van der Waals surface area contributed by atoms with Gasteiger partial charge in [0.1, 0.15) is 6.10 Å². The Hall–Kier alpha value is -1.01.